The van der Waals surface area contributed by atoms with E-state index < -0.39 is 5.60 Å². The zero-order valence-electron chi connectivity index (χ0n) is 16.9. The lowest BCUT2D eigenvalue weighted by Crippen LogP contribution is -2.47. The summed E-state index contributed by atoms with van der Waals surface area (Å²) in [5, 5.41) is 9.46. The molecule has 1 saturated carbocycles. The van der Waals surface area contributed by atoms with Gasteiger partial charge in [0.25, 0.3) is 0 Å². The molecule has 0 bridgehead atoms. The number of aliphatic imine (C=N–C) groups is 1. The first-order valence-corrected chi connectivity index (χ1v) is 9.20. The Hall–Kier alpha value is -0.770. The van der Waals surface area contributed by atoms with Crippen LogP contribution in [0.15, 0.2) is 4.99 Å². The summed E-state index contributed by atoms with van der Waals surface area (Å²) in [6.07, 6.45) is 5.32. The molecule has 0 saturated heterocycles. The number of ether oxygens (including phenoxy) is 2. The van der Waals surface area contributed by atoms with Gasteiger partial charge in [-0.05, 0) is 51.9 Å². The zero-order valence-corrected chi connectivity index (χ0v) is 19.3. The first-order valence-electron chi connectivity index (χ1n) is 9.20. The third-order valence-corrected chi connectivity index (χ3v) is 4.42. The van der Waals surface area contributed by atoms with Crippen molar-refractivity contribution in [2.75, 3.05) is 40.4 Å². The summed E-state index contributed by atoms with van der Waals surface area (Å²) >= 11 is 0. The Labute approximate surface area is 175 Å². The maximum Gasteiger partial charge on any atom is 0.407 e. The van der Waals surface area contributed by atoms with E-state index in [-0.39, 0.29) is 30.1 Å². The number of nitrogens with one attached hydrogen (secondary N) is 3. The predicted octanol–water partition coefficient (Wildman–Crippen LogP) is 2.89. The Morgan fingerprint density at radius 1 is 1.15 bits per heavy atom. The zero-order chi connectivity index (χ0) is 18.8. The number of methoxy groups -OCH3 is 1. The van der Waals surface area contributed by atoms with Gasteiger partial charge in [0.15, 0.2) is 5.96 Å². The van der Waals surface area contributed by atoms with Gasteiger partial charge in [-0.25, -0.2) is 4.79 Å². The summed E-state index contributed by atoms with van der Waals surface area (Å²) in [6.45, 7) is 8.59. The van der Waals surface area contributed by atoms with Crippen LogP contribution in [-0.2, 0) is 9.47 Å². The van der Waals surface area contributed by atoms with E-state index in [4.69, 9.17) is 9.47 Å². The molecule has 154 valence electrons. The van der Waals surface area contributed by atoms with Crippen molar-refractivity contribution in [3.8, 4) is 0 Å². The van der Waals surface area contributed by atoms with E-state index in [1.54, 1.807) is 14.2 Å². The Bertz CT molecular complexity index is 435. The van der Waals surface area contributed by atoms with Crippen LogP contribution < -0.4 is 16.0 Å². The molecule has 1 fully saturated rings. The van der Waals surface area contributed by atoms with Gasteiger partial charge in [0, 0.05) is 40.4 Å². The first-order chi connectivity index (χ1) is 11.8. The van der Waals surface area contributed by atoms with Crippen LogP contribution in [0.4, 0.5) is 4.79 Å². The van der Waals surface area contributed by atoms with Gasteiger partial charge < -0.3 is 25.4 Å². The molecular formula is C18H37IN4O3. The van der Waals surface area contributed by atoms with Crippen LogP contribution in [0.2, 0.25) is 0 Å². The minimum absolute atomic E-state index is 0. The van der Waals surface area contributed by atoms with Crippen molar-refractivity contribution in [3.63, 3.8) is 0 Å². The number of nitrogens with zero attached hydrogens (tertiary/aromatic N) is 1. The first kappa shape index (κ1) is 25.2. The number of carbonyl (C=O) groups is 1. The topological polar surface area (TPSA) is 84.0 Å². The van der Waals surface area contributed by atoms with Crippen LogP contribution in [0.25, 0.3) is 0 Å². The average Bonchev–Trinajstić information content (AvgIpc) is 2.49. The number of amides is 1. The van der Waals surface area contributed by atoms with Crippen molar-refractivity contribution < 1.29 is 14.3 Å². The molecule has 26 heavy (non-hydrogen) atoms. The van der Waals surface area contributed by atoms with Gasteiger partial charge in [-0.2, -0.15) is 0 Å². The number of carbonyl (C=O) groups excluding carboxylic acids is 1. The molecule has 1 aliphatic rings. The summed E-state index contributed by atoms with van der Waals surface area (Å²) in [4.78, 5) is 15.8. The van der Waals surface area contributed by atoms with E-state index in [0.29, 0.717) is 12.0 Å². The number of hydrogen-bond donors (Lipinski definition) is 3. The van der Waals surface area contributed by atoms with E-state index in [2.05, 4.69) is 20.9 Å². The lowest BCUT2D eigenvalue weighted by Gasteiger charge is -2.42. The predicted molar refractivity (Wildman–Crippen MR) is 116 cm³/mol. The second-order valence-electron chi connectivity index (χ2n) is 7.73. The monoisotopic (exact) mass is 484 g/mol. The molecule has 0 aromatic heterocycles. The summed E-state index contributed by atoms with van der Waals surface area (Å²) in [6, 6.07) is 0. The van der Waals surface area contributed by atoms with Gasteiger partial charge in [-0.15, -0.1) is 24.0 Å². The average molecular weight is 484 g/mol. The fraction of sp³-hybridized carbons (Fsp3) is 0.889. The third-order valence-electron chi connectivity index (χ3n) is 4.42. The fourth-order valence-corrected chi connectivity index (χ4v) is 2.80. The Balaban J connectivity index is 0.00000625. The van der Waals surface area contributed by atoms with Crippen molar-refractivity contribution in [2.45, 2.75) is 58.5 Å². The van der Waals surface area contributed by atoms with Crippen LogP contribution in [0.5, 0.6) is 0 Å². The fourth-order valence-electron chi connectivity index (χ4n) is 2.80. The molecule has 0 spiro atoms. The van der Waals surface area contributed by atoms with Crippen LogP contribution >= 0.6 is 24.0 Å². The number of hydrogen-bond acceptors (Lipinski definition) is 4. The van der Waals surface area contributed by atoms with Crippen LogP contribution in [0.3, 0.4) is 0 Å². The summed E-state index contributed by atoms with van der Waals surface area (Å²) in [5.41, 5.74) is -0.111. The quantitative estimate of drug-likeness (QED) is 0.203. The highest BCUT2D eigenvalue weighted by Gasteiger charge is 2.36. The third kappa shape index (κ3) is 10.4. The maximum atomic E-state index is 11.6. The molecular weight excluding hydrogens is 447 g/mol. The number of rotatable bonds is 9. The minimum atomic E-state index is -0.464. The molecule has 1 amide bonds. The van der Waals surface area contributed by atoms with E-state index >= 15 is 0 Å². The minimum Gasteiger partial charge on any atom is -0.444 e. The Morgan fingerprint density at radius 3 is 2.31 bits per heavy atom. The van der Waals surface area contributed by atoms with Crippen LogP contribution in [0, 0.1) is 5.41 Å². The van der Waals surface area contributed by atoms with Gasteiger partial charge in [0.05, 0.1) is 0 Å². The highest BCUT2D eigenvalue weighted by atomic mass is 127. The van der Waals surface area contributed by atoms with E-state index in [1.165, 1.54) is 19.3 Å². The highest BCUT2D eigenvalue weighted by molar-refractivity contribution is 14.0. The molecule has 7 nitrogen and oxygen atoms in total. The van der Waals surface area contributed by atoms with Gasteiger partial charge in [0.1, 0.15) is 5.60 Å². The van der Waals surface area contributed by atoms with Gasteiger partial charge in [-0.1, -0.05) is 6.42 Å². The van der Waals surface area contributed by atoms with Crippen molar-refractivity contribution in [2.24, 2.45) is 10.4 Å². The summed E-state index contributed by atoms with van der Waals surface area (Å²) < 4.78 is 10.4. The lowest BCUT2D eigenvalue weighted by atomic mass is 9.67. The van der Waals surface area contributed by atoms with Gasteiger partial charge >= 0.3 is 6.09 Å². The van der Waals surface area contributed by atoms with Crippen molar-refractivity contribution in [1.82, 2.24) is 16.0 Å². The summed E-state index contributed by atoms with van der Waals surface area (Å²) in [5.74, 6) is 0.806. The van der Waals surface area contributed by atoms with Crippen LogP contribution in [-0.4, -0.2) is 58.1 Å². The Kier molecular flexibility index (Phi) is 12.2. The molecule has 0 radical (unpaired) electrons. The molecule has 0 unspecified atom stereocenters. The molecule has 0 aromatic carbocycles. The van der Waals surface area contributed by atoms with E-state index in [9.17, 15) is 4.79 Å². The van der Waals surface area contributed by atoms with Crippen molar-refractivity contribution in [1.29, 1.82) is 0 Å². The second-order valence-corrected chi connectivity index (χ2v) is 7.73. The largest absolute Gasteiger partial charge is 0.444 e. The molecule has 1 aliphatic carbocycles. The summed E-state index contributed by atoms with van der Waals surface area (Å²) in [7, 11) is 3.53. The maximum absolute atomic E-state index is 11.6. The van der Waals surface area contributed by atoms with Gasteiger partial charge in [-0.3, -0.25) is 4.99 Å². The SMILES string of the molecule is CN=C(NCCCNC(=O)OC(C)(C)C)NCC1(CCOC)CCC1.I. The molecule has 3 N–H and O–H groups in total. The Morgan fingerprint density at radius 2 is 1.81 bits per heavy atom. The molecule has 0 atom stereocenters. The lowest BCUT2D eigenvalue weighted by molar-refractivity contribution is 0.0527. The van der Waals surface area contributed by atoms with Crippen LogP contribution in [0.1, 0.15) is 52.9 Å². The molecule has 1 rings (SSSR count). The van der Waals surface area contributed by atoms with Crippen molar-refractivity contribution in [3.05, 3.63) is 0 Å². The molecule has 0 aliphatic heterocycles. The molecule has 0 aromatic rings. The van der Waals surface area contributed by atoms with E-state index in [0.717, 1.165) is 38.5 Å². The number of guanidine groups is 1. The highest BCUT2D eigenvalue weighted by Crippen LogP contribution is 2.43. The van der Waals surface area contributed by atoms with Crippen molar-refractivity contribution >= 4 is 36.0 Å². The van der Waals surface area contributed by atoms with E-state index in [1.807, 2.05) is 20.8 Å². The number of halogens is 1. The van der Waals surface area contributed by atoms with Gasteiger partial charge in [0.2, 0.25) is 0 Å². The normalized spacial score (nSPS) is 16.1. The smallest absolute Gasteiger partial charge is 0.407 e. The number of alkyl carbamates (subject to hydrolysis) is 1. The molecule has 0 heterocycles. The second kappa shape index (κ2) is 12.6. The standard InChI is InChI=1S/C18H36N4O3.HI/c1-17(2,3)25-16(23)21-12-7-11-20-15(19-4)22-14-18(8-6-9-18)10-13-24-5;/h6-14H2,1-5H3,(H,21,23)(H2,19,20,22);1H. The molecule has 8 heteroatoms.